The first-order valence-electron chi connectivity index (χ1n) is 5.02. The Morgan fingerprint density at radius 3 is 2.50 bits per heavy atom. The second-order valence-corrected chi connectivity index (χ2v) is 5.61. The standard InChI is InChI=1S/C9H21NO3S/c1-3-4-7-13-8-5-10-6-9-14(2,11)12/h10H,3-9H2,1-2H3. The van der Waals surface area contributed by atoms with Crippen molar-refractivity contribution in [2.75, 3.05) is 38.3 Å². The SMILES string of the molecule is CCCCOCCNCCS(C)(=O)=O. The van der Waals surface area contributed by atoms with Crippen molar-refractivity contribution in [2.24, 2.45) is 0 Å². The van der Waals surface area contributed by atoms with Crippen molar-refractivity contribution in [3.63, 3.8) is 0 Å². The molecule has 0 amide bonds. The molecule has 0 aromatic rings. The van der Waals surface area contributed by atoms with E-state index in [-0.39, 0.29) is 5.75 Å². The molecular weight excluding hydrogens is 202 g/mol. The summed E-state index contributed by atoms with van der Waals surface area (Å²) >= 11 is 0. The normalized spacial score (nSPS) is 11.9. The van der Waals surface area contributed by atoms with Crippen LogP contribution in [-0.4, -0.2) is 46.7 Å². The van der Waals surface area contributed by atoms with Gasteiger partial charge in [-0.1, -0.05) is 13.3 Å². The summed E-state index contributed by atoms with van der Waals surface area (Å²) in [5.41, 5.74) is 0. The van der Waals surface area contributed by atoms with Crippen LogP contribution in [0.2, 0.25) is 0 Å². The summed E-state index contributed by atoms with van der Waals surface area (Å²) in [7, 11) is -2.83. The van der Waals surface area contributed by atoms with Gasteiger partial charge >= 0.3 is 0 Å². The van der Waals surface area contributed by atoms with Crippen molar-refractivity contribution >= 4 is 9.84 Å². The van der Waals surface area contributed by atoms with Crippen molar-refractivity contribution in [1.82, 2.24) is 5.32 Å². The van der Waals surface area contributed by atoms with Crippen LogP contribution in [0.25, 0.3) is 0 Å². The van der Waals surface area contributed by atoms with Gasteiger partial charge < -0.3 is 10.1 Å². The molecule has 0 saturated heterocycles. The van der Waals surface area contributed by atoms with Gasteiger partial charge in [-0.15, -0.1) is 0 Å². The lowest BCUT2D eigenvalue weighted by atomic mass is 10.4. The molecule has 0 atom stereocenters. The first-order valence-corrected chi connectivity index (χ1v) is 7.08. The van der Waals surface area contributed by atoms with Gasteiger partial charge in [-0.25, -0.2) is 8.42 Å². The van der Waals surface area contributed by atoms with E-state index >= 15 is 0 Å². The number of ether oxygens (including phenoxy) is 1. The molecule has 0 heterocycles. The Balaban J connectivity index is 3.07. The number of sulfone groups is 1. The average molecular weight is 223 g/mol. The largest absolute Gasteiger partial charge is 0.380 e. The van der Waals surface area contributed by atoms with Crippen LogP contribution in [0.5, 0.6) is 0 Å². The van der Waals surface area contributed by atoms with Gasteiger partial charge in [0.1, 0.15) is 9.84 Å². The second-order valence-electron chi connectivity index (χ2n) is 3.35. The minimum Gasteiger partial charge on any atom is -0.380 e. The lowest BCUT2D eigenvalue weighted by Gasteiger charge is -2.04. The molecule has 1 N–H and O–H groups in total. The predicted molar refractivity (Wildman–Crippen MR) is 58.3 cm³/mol. The van der Waals surface area contributed by atoms with Gasteiger partial charge in [-0.05, 0) is 6.42 Å². The fraction of sp³-hybridized carbons (Fsp3) is 1.00. The monoisotopic (exact) mass is 223 g/mol. The smallest absolute Gasteiger partial charge is 0.148 e. The van der Waals surface area contributed by atoms with E-state index in [1.54, 1.807) is 0 Å². The quantitative estimate of drug-likeness (QED) is 0.576. The van der Waals surface area contributed by atoms with Crippen molar-refractivity contribution < 1.29 is 13.2 Å². The van der Waals surface area contributed by atoms with Gasteiger partial charge in [0.05, 0.1) is 12.4 Å². The lowest BCUT2D eigenvalue weighted by molar-refractivity contribution is 0.133. The van der Waals surface area contributed by atoms with Gasteiger partial charge in [-0.3, -0.25) is 0 Å². The third-order valence-corrected chi connectivity index (χ3v) is 2.66. The molecule has 0 unspecified atom stereocenters. The van der Waals surface area contributed by atoms with Gasteiger partial charge in [-0.2, -0.15) is 0 Å². The number of nitrogens with one attached hydrogen (secondary N) is 1. The van der Waals surface area contributed by atoms with Crippen LogP contribution >= 0.6 is 0 Å². The van der Waals surface area contributed by atoms with E-state index < -0.39 is 9.84 Å². The summed E-state index contributed by atoms with van der Waals surface area (Å²) in [5, 5.41) is 3.01. The maximum atomic E-state index is 10.7. The average Bonchev–Trinajstić information content (AvgIpc) is 2.08. The lowest BCUT2D eigenvalue weighted by Crippen LogP contribution is -2.25. The number of hydrogen-bond acceptors (Lipinski definition) is 4. The predicted octanol–water partition coefficient (Wildman–Crippen LogP) is 0.437. The van der Waals surface area contributed by atoms with Crippen LogP contribution < -0.4 is 5.32 Å². The summed E-state index contributed by atoms with van der Waals surface area (Å²) < 4.78 is 26.8. The molecule has 0 aliphatic carbocycles. The van der Waals surface area contributed by atoms with E-state index in [0.29, 0.717) is 13.2 Å². The Morgan fingerprint density at radius 2 is 1.93 bits per heavy atom. The summed E-state index contributed by atoms with van der Waals surface area (Å²) in [5.74, 6) is 0.196. The van der Waals surface area contributed by atoms with E-state index in [2.05, 4.69) is 12.2 Å². The molecule has 0 radical (unpaired) electrons. The van der Waals surface area contributed by atoms with Crippen LogP contribution in [0.15, 0.2) is 0 Å². The highest BCUT2D eigenvalue weighted by Gasteiger charge is 1.99. The fourth-order valence-electron chi connectivity index (χ4n) is 0.875. The molecule has 4 nitrogen and oxygen atoms in total. The van der Waals surface area contributed by atoms with Crippen LogP contribution in [-0.2, 0) is 14.6 Å². The Bertz CT molecular complexity index is 214. The van der Waals surface area contributed by atoms with Crippen molar-refractivity contribution in [3.8, 4) is 0 Å². The maximum absolute atomic E-state index is 10.7. The molecule has 86 valence electrons. The number of unbranched alkanes of at least 4 members (excludes halogenated alkanes) is 1. The molecule has 0 aromatic heterocycles. The van der Waals surface area contributed by atoms with Crippen LogP contribution in [0.4, 0.5) is 0 Å². The van der Waals surface area contributed by atoms with Gasteiger partial charge in [0, 0.05) is 26.0 Å². The van der Waals surface area contributed by atoms with Crippen molar-refractivity contribution in [1.29, 1.82) is 0 Å². The molecule has 0 saturated carbocycles. The summed E-state index contributed by atoms with van der Waals surface area (Å²) in [6.07, 6.45) is 3.47. The summed E-state index contributed by atoms with van der Waals surface area (Å²) in [4.78, 5) is 0. The fourth-order valence-corrected chi connectivity index (χ4v) is 1.39. The minimum absolute atomic E-state index is 0.196. The molecular formula is C9H21NO3S. The first-order chi connectivity index (χ1) is 6.56. The zero-order valence-electron chi connectivity index (χ0n) is 9.08. The maximum Gasteiger partial charge on any atom is 0.148 e. The third kappa shape index (κ3) is 11.9. The topological polar surface area (TPSA) is 55.4 Å². The minimum atomic E-state index is -2.83. The number of hydrogen-bond donors (Lipinski definition) is 1. The van der Waals surface area contributed by atoms with Gasteiger partial charge in [0.25, 0.3) is 0 Å². The van der Waals surface area contributed by atoms with E-state index in [9.17, 15) is 8.42 Å². The summed E-state index contributed by atoms with van der Waals surface area (Å²) in [6, 6.07) is 0. The molecule has 0 fully saturated rings. The zero-order valence-corrected chi connectivity index (χ0v) is 9.90. The van der Waals surface area contributed by atoms with Gasteiger partial charge in [0.2, 0.25) is 0 Å². The molecule has 0 aliphatic heterocycles. The molecule has 0 spiro atoms. The van der Waals surface area contributed by atoms with Gasteiger partial charge in [0.15, 0.2) is 0 Å². The van der Waals surface area contributed by atoms with E-state index in [4.69, 9.17) is 4.74 Å². The Hall–Kier alpha value is -0.130. The van der Waals surface area contributed by atoms with Crippen molar-refractivity contribution in [3.05, 3.63) is 0 Å². The molecule has 14 heavy (non-hydrogen) atoms. The molecule has 0 bridgehead atoms. The van der Waals surface area contributed by atoms with E-state index in [1.165, 1.54) is 6.26 Å². The third-order valence-electron chi connectivity index (χ3n) is 1.72. The highest BCUT2D eigenvalue weighted by atomic mass is 32.2. The van der Waals surface area contributed by atoms with E-state index in [0.717, 1.165) is 26.0 Å². The first kappa shape index (κ1) is 13.9. The Morgan fingerprint density at radius 1 is 1.21 bits per heavy atom. The highest BCUT2D eigenvalue weighted by molar-refractivity contribution is 7.90. The van der Waals surface area contributed by atoms with Crippen LogP contribution in [0.3, 0.4) is 0 Å². The highest BCUT2D eigenvalue weighted by Crippen LogP contribution is 1.86. The zero-order chi connectivity index (χ0) is 10.9. The molecule has 0 aromatic carbocycles. The number of rotatable bonds is 9. The molecule has 0 rings (SSSR count). The molecule has 5 heteroatoms. The van der Waals surface area contributed by atoms with Crippen LogP contribution in [0.1, 0.15) is 19.8 Å². The Kier molecular flexibility index (Phi) is 8.12. The van der Waals surface area contributed by atoms with Crippen molar-refractivity contribution in [2.45, 2.75) is 19.8 Å². The van der Waals surface area contributed by atoms with E-state index in [1.807, 2.05) is 0 Å². The van der Waals surface area contributed by atoms with Crippen LogP contribution in [0, 0.1) is 0 Å². The second kappa shape index (κ2) is 8.20. The Labute approximate surface area is 86.9 Å². The molecule has 0 aliphatic rings. The summed E-state index contributed by atoms with van der Waals surface area (Å²) in [6.45, 7) is 4.80.